The summed E-state index contributed by atoms with van der Waals surface area (Å²) in [6.45, 7) is 4.14. The Labute approximate surface area is 109 Å². The van der Waals surface area contributed by atoms with E-state index in [0.29, 0.717) is 5.56 Å². The quantitative estimate of drug-likeness (QED) is 0.723. The maximum absolute atomic E-state index is 12.3. The van der Waals surface area contributed by atoms with Gasteiger partial charge in [-0.15, -0.1) is 0 Å². The molecule has 0 N–H and O–H groups in total. The van der Waals surface area contributed by atoms with Gasteiger partial charge < -0.3 is 4.90 Å². The van der Waals surface area contributed by atoms with Crippen LogP contribution in [0.3, 0.4) is 0 Å². The van der Waals surface area contributed by atoms with Gasteiger partial charge in [0, 0.05) is 24.2 Å². The molecule has 1 aromatic carbocycles. The first-order valence-corrected chi connectivity index (χ1v) is 6.46. The molecular weight excluding hydrogens is 226 g/mol. The lowest BCUT2D eigenvalue weighted by Gasteiger charge is -2.23. The van der Waals surface area contributed by atoms with Gasteiger partial charge in [0.2, 0.25) is 5.91 Å². The lowest BCUT2D eigenvalue weighted by atomic mass is 9.99. The molecule has 0 spiro atoms. The van der Waals surface area contributed by atoms with Crippen LogP contribution in [-0.2, 0) is 4.79 Å². The Kier molecular flexibility index (Phi) is 5.56. The van der Waals surface area contributed by atoms with E-state index in [1.54, 1.807) is 36.2 Å². The van der Waals surface area contributed by atoms with Gasteiger partial charge in [-0.3, -0.25) is 9.59 Å². The Balaban J connectivity index is 2.80. The molecule has 0 radical (unpaired) electrons. The second kappa shape index (κ2) is 6.94. The van der Waals surface area contributed by atoms with E-state index < -0.39 is 0 Å². The fourth-order valence-electron chi connectivity index (χ4n) is 2.03. The summed E-state index contributed by atoms with van der Waals surface area (Å²) in [6.07, 6.45) is 3.61. The summed E-state index contributed by atoms with van der Waals surface area (Å²) in [5.41, 5.74) is 1.46. The Morgan fingerprint density at radius 3 is 2.33 bits per heavy atom. The van der Waals surface area contributed by atoms with Crippen molar-refractivity contribution in [1.82, 2.24) is 0 Å². The van der Waals surface area contributed by atoms with E-state index in [4.69, 9.17) is 0 Å². The number of hydrogen-bond acceptors (Lipinski definition) is 2. The van der Waals surface area contributed by atoms with Crippen LogP contribution in [-0.4, -0.2) is 19.2 Å². The Morgan fingerprint density at radius 1 is 1.28 bits per heavy atom. The van der Waals surface area contributed by atoms with Crippen molar-refractivity contribution >= 4 is 17.9 Å². The summed E-state index contributed by atoms with van der Waals surface area (Å²) in [5, 5.41) is 0. The maximum Gasteiger partial charge on any atom is 0.229 e. The summed E-state index contributed by atoms with van der Waals surface area (Å²) in [5.74, 6) is 0.240. The molecule has 0 heterocycles. The van der Waals surface area contributed by atoms with Gasteiger partial charge in [-0.2, -0.15) is 0 Å². The van der Waals surface area contributed by atoms with E-state index in [-0.39, 0.29) is 11.8 Å². The molecule has 0 saturated carbocycles. The average Bonchev–Trinajstić information content (AvgIpc) is 2.43. The molecule has 1 atom stereocenters. The molecule has 3 heteroatoms. The minimum absolute atomic E-state index is 0.0887. The number of aldehydes is 1. The number of hydrogen-bond donors (Lipinski definition) is 0. The van der Waals surface area contributed by atoms with Gasteiger partial charge in [-0.05, 0) is 37.1 Å². The molecule has 98 valence electrons. The second-order valence-corrected chi connectivity index (χ2v) is 4.50. The summed E-state index contributed by atoms with van der Waals surface area (Å²) in [4.78, 5) is 24.5. The lowest BCUT2D eigenvalue weighted by molar-refractivity contribution is -0.122. The zero-order valence-corrected chi connectivity index (χ0v) is 11.3. The largest absolute Gasteiger partial charge is 0.315 e. The van der Waals surface area contributed by atoms with Crippen molar-refractivity contribution in [1.29, 1.82) is 0 Å². The van der Waals surface area contributed by atoms with Gasteiger partial charge in [0.15, 0.2) is 0 Å². The highest BCUT2D eigenvalue weighted by Crippen LogP contribution is 2.19. The molecule has 0 aliphatic carbocycles. The fraction of sp³-hybridized carbons (Fsp3) is 0.467. The van der Waals surface area contributed by atoms with Crippen LogP contribution in [0, 0.1) is 5.92 Å². The van der Waals surface area contributed by atoms with Crippen LogP contribution >= 0.6 is 0 Å². The molecule has 0 aromatic heterocycles. The Hall–Kier alpha value is -1.64. The molecule has 18 heavy (non-hydrogen) atoms. The van der Waals surface area contributed by atoms with Crippen molar-refractivity contribution in [2.24, 2.45) is 5.92 Å². The summed E-state index contributed by atoms with van der Waals surface area (Å²) in [7, 11) is 1.79. The van der Waals surface area contributed by atoms with Gasteiger partial charge in [0.1, 0.15) is 6.29 Å². The van der Waals surface area contributed by atoms with Crippen molar-refractivity contribution in [3.63, 3.8) is 0 Å². The number of nitrogens with zero attached hydrogens (tertiary/aromatic N) is 1. The minimum atomic E-state index is 0.0887. The highest BCUT2D eigenvalue weighted by atomic mass is 16.2. The molecular formula is C15H21NO2. The number of benzene rings is 1. The van der Waals surface area contributed by atoms with Gasteiger partial charge in [-0.1, -0.05) is 20.3 Å². The fourth-order valence-corrected chi connectivity index (χ4v) is 2.03. The van der Waals surface area contributed by atoms with E-state index in [0.717, 1.165) is 31.2 Å². The van der Waals surface area contributed by atoms with E-state index in [1.807, 2.05) is 6.92 Å². The predicted molar refractivity (Wildman–Crippen MR) is 73.9 cm³/mol. The number of amides is 1. The van der Waals surface area contributed by atoms with Crippen LogP contribution in [0.2, 0.25) is 0 Å². The monoisotopic (exact) mass is 247 g/mol. The third-order valence-electron chi connectivity index (χ3n) is 3.23. The highest BCUT2D eigenvalue weighted by molar-refractivity contribution is 5.94. The lowest BCUT2D eigenvalue weighted by Crippen LogP contribution is -2.32. The first-order valence-electron chi connectivity index (χ1n) is 6.46. The first kappa shape index (κ1) is 14.4. The number of anilines is 1. The molecule has 0 fully saturated rings. The molecule has 1 rings (SSSR count). The molecule has 0 saturated heterocycles. The van der Waals surface area contributed by atoms with E-state index >= 15 is 0 Å². The number of carbonyl (C=O) groups excluding carboxylic acids is 2. The van der Waals surface area contributed by atoms with E-state index in [9.17, 15) is 9.59 Å². The standard InChI is InChI=1S/C15H21NO2/c1-4-6-13(5-2)15(18)16(3)14-9-7-12(11-17)8-10-14/h7-11,13H,4-6H2,1-3H3. The topological polar surface area (TPSA) is 37.4 Å². The molecule has 3 nitrogen and oxygen atoms in total. The molecule has 0 aliphatic heterocycles. The SMILES string of the molecule is CCCC(CC)C(=O)N(C)c1ccc(C=O)cc1. The first-order chi connectivity index (χ1) is 8.63. The highest BCUT2D eigenvalue weighted by Gasteiger charge is 2.20. The van der Waals surface area contributed by atoms with E-state index in [1.165, 1.54) is 0 Å². The van der Waals surface area contributed by atoms with Crippen LogP contribution in [0.4, 0.5) is 5.69 Å². The molecule has 1 amide bonds. The van der Waals surface area contributed by atoms with Gasteiger partial charge >= 0.3 is 0 Å². The predicted octanol–water partition coefficient (Wildman–Crippen LogP) is 3.29. The van der Waals surface area contributed by atoms with Crippen LogP contribution in [0.5, 0.6) is 0 Å². The van der Waals surface area contributed by atoms with Crippen molar-refractivity contribution in [3.05, 3.63) is 29.8 Å². The van der Waals surface area contributed by atoms with Crippen LogP contribution < -0.4 is 4.90 Å². The molecule has 1 unspecified atom stereocenters. The van der Waals surface area contributed by atoms with Gasteiger partial charge in [-0.25, -0.2) is 0 Å². The van der Waals surface area contributed by atoms with Crippen LogP contribution in [0.1, 0.15) is 43.5 Å². The minimum Gasteiger partial charge on any atom is -0.315 e. The van der Waals surface area contributed by atoms with Crippen LogP contribution in [0.25, 0.3) is 0 Å². The normalized spacial score (nSPS) is 11.9. The Bertz CT molecular complexity index is 397. The molecule has 0 bridgehead atoms. The van der Waals surface area contributed by atoms with Crippen molar-refractivity contribution in [2.75, 3.05) is 11.9 Å². The molecule has 0 aliphatic rings. The third kappa shape index (κ3) is 3.42. The zero-order chi connectivity index (χ0) is 13.5. The maximum atomic E-state index is 12.3. The molecule has 1 aromatic rings. The third-order valence-corrected chi connectivity index (χ3v) is 3.23. The van der Waals surface area contributed by atoms with Gasteiger partial charge in [0.25, 0.3) is 0 Å². The average molecular weight is 247 g/mol. The van der Waals surface area contributed by atoms with Crippen LogP contribution in [0.15, 0.2) is 24.3 Å². The summed E-state index contributed by atoms with van der Waals surface area (Å²) >= 11 is 0. The summed E-state index contributed by atoms with van der Waals surface area (Å²) in [6, 6.07) is 7.07. The number of rotatable bonds is 6. The second-order valence-electron chi connectivity index (χ2n) is 4.50. The van der Waals surface area contributed by atoms with Crippen molar-refractivity contribution in [3.8, 4) is 0 Å². The zero-order valence-electron chi connectivity index (χ0n) is 11.3. The van der Waals surface area contributed by atoms with Crippen molar-refractivity contribution in [2.45, 2.75) is 33.1 Å². The van der Waals surface area contributed by atoms with Gasteiger partial charge in [0.05, 0.1) is 0 Å². The Morgan fingerprint density at radius 2 is 1.89 bits per heavy atom. The summed E-state index contributed by atoms with van der Waals surface area (Å²) < 4.78 is 0. The number of carbonyl (C=O) groups is 2. The van der Waals surface area contributed by atoms with E-state index in [2.05, 4.69) is 6.92 Å². The van der Waals surface area contributed by atoms with Crippen molar-refractivity contribution < 1.29 is 9.59 Å². The smallest absolute Gasteiger partial charge is 0.229 e.